The molecule has 0 saturated carbocycles. The van der Waals surface area contributed by atoms with Crippen LogP contribution in [0.2, 0.25) is 0 Å². The predicted molar refractivity (Wildman–Crippen MR) is 68.4 cm³/mol. The number of nitrogens with one attached hydrogen (secondary N) is 1. The number of amides is 1. The van der Waals surface area contributed by atoms with E-state index in [0.29, 0.717) is 25.1 Å². The molecule has 6 heteroatoms. The van der Waals surface area contributed by atoms with Gasteiger partial charge >= 0.3 is 0 Å². The number of rotatable bonds is 6. The Bertz CT molecular complexity index is 410. The first-order valence-corrected chi connectivity index (χ1v) is 5.76. The minimum atomic E-state index is -0.637. The Labute approximate surface area is 106 Å². The first-order valence-electron chi connectivity index (χ1n) is 5.76. The Morgan fingerprint density at radius 3 is 3.00 bits per heavy atom. The van der Waals surface area contributed by atoms with E-state index in [2.05, 4.69) is 10.3 Å². The summed E-state index contributed by atoms with van der Waals surface area (Å²) < 4.78 is 4.89. The highest BCUT2D eigenvalue weighted by atomic mass is 16.5. The molecule has 0 fully saturated rings. The molecule has 0 spiro atoms. The Morgan fingerprint density at radius 1 is 1.61 bits per heavy atom. The monoisotopic (exact) mass is 253 g/mol. The number of nitrogens with zero attached hydrogens (tertiary/aromatic N) is 1. The lowest BCUT2D eigenvalue weighted by molar-refractivity contribution is -0.117. The van der Waals surface area contributed by atoms with Gasteiger partial charge in [0, 0.05) is 19.4 Å². The summed E-state index contributed by atoms with van der Waals surface area (Å²) in [4.78, 5) is 15.8. The Morgan fingerprint density at radius 2 is 2.33 bits per heavy atom. The van der Waals surface area contributed by atoms with Crippen molar-refractivity contribution in [1.29, 1.82) is 0 Å². The van der Waals surface area contributed by atoms with Crippen molar-refractivity contribution in [3.05, 3.63) is 17.8 Å². The second-order valence-electron chi connectivity index (χ2n) is 4.05. The number of aryl methyl sites for hydroxylation is 1. The molecule has 0 aromatic carbocycles. The number of methoxy groups -OCH3 is 1. The molecule has 1 heterocycles. The summed E-state index contributed by atoms with van der Waals surface area (Å²) >= 11 is 0. The molecule has 6 nitrogen and oxygen atoms in total. The van der Waals surface area contributed by atoms with Gasteiger partial charge in [-0.3, -0.25) is 4.79 Å². The summed E-state index contributed by atoms with van der Waals surface area (Å²) in [7, 11) is 1.60. The number of aromatic nitrogens is 1. The van der Waals surface area contributed by atoms with Gasteiger partial charge in [0.15, 0.2) is 11.6 Å². The highest BCUT2D eigenvalue weighted by Gasteiger charge is 2.15. The maximum atomic E-state index is 11.7. The van der Waals surface area contributed by atoms with Crippen LogP contribution in [0.3, 0.4) is 0 Å². The minimum Gasteiger partial charge on any atom is -0.504 e. The average molecular weight is 253 g/mol. The first-order chi connectivity index (χ1) is 8.54. The van der Waals surface area contributed by atoms with Crippen LogP contribution < -0.4 is 11.1 Å². The topological polar surface area (TPSA) is 97.5 Å². The molecule has 0 aliphatic rings. The van der Waals surface area contributed by atoms with Crippen LogP contribution in [0.5, 0.6) is 5.75 Å². The predicted octanol–water partition coefficient (Wildman–Crippen LogP) is 0.788. The molecule has 1 aromatic rings. The zero-order valence-electron chi connectivity index (χ0n) is 10.6. The third kappa shape index (κ3) is 4.31. The molecule has 0 aliphatic heterocycles. The molecular weight excluding hydrogens is 234 g/mol. The van der Waals surface area contributed by atoms with E-state index in [4.69, 9.17) is 10.5 Å². The van der Waals surface area contributed by atoms with Crippen molar-refractivity contribution >= 4 is 11.7 Å². The Hall–Kier alpha value is -1.66. The molecule has 100 valence electrons. The van der Waals surface area contributed by atoms with E-state index in [1.807, 2.05) is 0 Å². The first kappa shape index (κ1) is 14.4. The molecule has 1 unspecified atom stereocenters. The maximum absolute atomic E-state index is 11.7. The Kier molecular flexibility index (Phi) is 5.54. The number of carbonyl (C=O) groups excluding carboxylic acids is 1. The van der Waals surface area contributed by atoms with E-state index in [9.17, 15) is 9.90 Å². The van der Waals surface area contributed by atoms with Crippen molar-refractivity contribution in [3.8, 4) is 5.75 Å². The second kappa shape index (κ2) is 6.93. The van der Waals surface area contributed by atoms with Crippen LogP contribution in [0.1, 0.15) is 18.5 Å². The molecule has 0 saturated heterocycles. The van der Waals surface area contributed by atoms with Gasteiger partial charge in [0.25, 0.3) is 0 Å². The lowest BCUT2D eigenvalue weighted by Crippen LogP contribution is -2.36. The van der Waals surface area contributed by atoms with E-state index in [-0.39, 0.29) is 17.5 Å². The summed E-state index contributed by atoms with van der Waals surface area (Å²) in [6.07, 6.45) is 1.23. The van der Waals surface area contributed by atoms with Gasteiger partial charge in [-0.1, -0.05) is 0 Å². The van der Waals surface area contributed by atoms with Crippen molar-refractivity contribution in [2.75, 3.05) is 19.0 Å². The number of ether oxygens (including phenoxy) is 1. The van der Waals surface area contributed by atoms with Crippen LogP contribution in [-0.2, 0) is 9.53 Å². The number of carbonyl (C=O) groups is 1. The molecule has 18 heavy (non-hydrogen) atoms. The van der Waals surface area contributed by atoms with Crippen molar-refractivity contribution in [1.82, 2.24) is 4.98 Å². The largest absolute Gasteiger partial charge is 0.504 e. The Balaban J connectivity index is 2.55. The number of hydrogen-bond donors (Lipinski definition) is 3. The zero-order valence-corrected chi connectivity index (χ0v) is 10.6. The smallest absolute Gasteiger partial charge is 0.242 e. The van der Waals surface area contributed by atoms with Gasteiger partial charge in [0.05, 0.1) is 6.04 Å². The van der Waals surface area contributed by atoms with Crippen LogP contribution in [-0.4, -0.2) is 35.8 Å². The summed E-state index contributed by atoms with van der Waals surface area (Å²) in [6.45, 7) is 2.34. The fourth-order valence-corrected chi connectivity index (χ4v) is 1.43. The number of anilines is 1. The fourth-order valence-electron chi connectivity index (χ4n) is 1.43. The molecule has 0 aliphatic carbocycles. The second-order valence-corrected chi connectivity index (χ2v) is 4.05. The van der Waals surface area contributed by atoms with Crippen LogP contribution in [0.15, 0.2) is 12.1 Å². The van der Waals surface area contributed by atoms with Crippen molar-refractivity contribution in [2.45, 2.75) is 25.8 Å². The molecule has 1 atom stereocenters. The number of pyridine rings is 1. The summed E-state index contributed by atoms with van der Waals surface area (Å²) in [5.41, 5.74) is 6.42. The van der Waals surface area contributed by atoms with Gasteiger partial charge in [-0.15, -0.1) is 0 Å². The van der Waals surface area contributed by atoms with Crippen molar-refractivity contribution in [3.63, 3.8) is 0 Å². The molecule has 4 N–H and O–H groups in total. The van der Waals surface area contributed by atoms with E-state index in [0.717, 1.165) is 0 Å². The van der Waals surface area contributed by atoms with Gasteiger partial charge in [-0.05, 0) is 31.9 Å². The summed E-state index contributed by atoms with van der Waals surface area (Å²) in [5.74, 6) is -0.292. The lowest BCUT2D eigenvalue weighted by Gasteiger charge is -2.12. The third-order valence-electron chi connectivity index (χ3n) is 2.46. The number of aromatic hydroxyl groups is 1. The SMILES string of the molecule is COCCCC(N)C(=O)Nc1nc(C)ccc1O. The van der Waals surface area contributed by atoms with Crippen molar-refractivity contribution in [2.24, 2.45) is 5.73 Å². The molecule has 0 radical (unpaired) electrons. The van der Waals surface area contributed by atoms with Crippen LogP contribution >= 0.6 is 0 Å². The quantitative estimate of drug-likeness (QED) is 0.651. The number of hydrogen-bond acceptors (Lipinski definition) is 5. The molecule has 1 rings (SSSR count). The van der Waals surface area contributed by atoms with E-state index in [1.54, 1.807) is 20.1 Å². The lowest BCUT2D eigenvalue weighted by atomic mass is 10.1. The van der Waals surface area contributed by atoms with Gasteiger partial charge in [0.2, 0.25) is 5.91 Å². The van der Waals surface area contributed by atoms with E-state index >= 15 is 0 Å². The van der Waals surface area contributed by atoms with Gasteiger partial charge < -0.3 is 20.9 Å². The summed E-state index contributed by atoms with van der Waals surface area (Å²) in [5, 5.41) is 12.1. The van der Waals surface area contributed by atoms with Gasteiger partial charge in [0.1, 0.15) is 0 Å². The average Bonchev–Trinajstić information content (AvgIpc) is 2.34. The summed E-state index contributed by atoms with van der Waals surface area (Å²) in [6, 6.07) is 2.50. The van der Waals surface area contributed by atoms with Crippen LogP contribution in [0.4, 0.5) is 5.82 Å². The van der Waals surface area contributed by atoms with Crippen LogP contribution in [0.25, 0.3) is 0 Å². The van der Waals surface area contributed by atoms with E-state index in [1.165, 1.54) is 6.07 Å². The highest BCUT2D eigenvalue weighted by molar-refractivity contribution is 5.94. The standard InChI is InChI=1S/C12H19N3O3/c1-8-5-6-10(16)11(14-8)15-12(17)9(13)4-3-7-18-2/h5-6,9,16H,3-4,7,13H2,1-2H3,(H,14,15,17). The molecular formula is C12H19N3O3. The zero-order chi connectivity index (χ0) is 13.5. The van der Waals surface area contributed by atoms with Crippen molar-refractivity contribution < 1.29 is 14.6 Å². The molecule has 1 amide bonds. The highest BCUT2D eigenvalue weighted by Crippen LogP contribution is 2.20. The van der Waals surface area contributed by atoms with E-state index < -0.39 is 6.04 Å². The number of nitrogens with two attached hydrogens (primary N) is 1. The van der Waals surface area contributed by atoms with Gasteiger partial charge in [-0.2, -0.15) is 0 Å². The maximum Gasteiger partial charge on any atom is 0.242 e. The minimum absolute atomic E-state index is 0.0713. The van der Waals surface area contributed by atoms with Gasteiger partial charge in [-0.25, -0.2) is 4.98 Å². The van der Waals surface area contributed by atoms with Crippen LogP contribution in [0, 0.1) is 6.92 Å². The fraction of sp³-hybridized carbons (Fsp3) is 0.500. The molecule has 1 aromatic heterocycles. The normalized spacial score (nSPS) is 12.2. The molecule has 0 bridgehead atoms. The third-order valence-corrected chi connectivity index (χ3v) is 2.46.